The number of rotatable bonds is 3. The molecule has 5 heteroatoms. The van der Waals surface area contributed by atoms with E-state index in [2.05, 4.69) is 0 Å². The van der Waals surface area contributed by atoms with Crippen LogP contribution in [0.3, 0.4) is 0 Å². The van der Waals surface area contributed by atoms with E-state index in [0.717, 1.165) is 24.5 Å². The standard InChI is InChI=1S/C18H17ClFNO2/c19-15-5-2-1-4-14(15)17-6-3-9-21(17)18(23)10-12-7-8-13(22)11-16(12)20/h1-2,4-5,7-8,11,17,22H,3,6,9-10H2. The average molecular weight is 334 g/mol. The summed E-state index contributed by atoms with van der Waals surface area (Å²) in [6, 6.07) is 11.3. The number of nitrogens with zero attached hydrogens (tertiary/aromatic N) is 1. The lowest BCUT2D eigenvalue weighted by Crippen LogP contribution is -2.32. The van der Waals surface area contributed by atoms with Crippen molar-refractivity contribution in [3.8, 4) is 5.75 Å². The summed E-state index contributed by atoms with van der Waals surface area (Å²) in [6.45, 7) is 0.647. The maximum Gasteiger partial charge on any atom is 0.227 e. The summed E-state index contributed by atoms with van der Waals surface area (Å²) in [6.07, 6.45) is 1.74. The van der Waals surface area contributed by atoms with Gasteiger partial charge in [-0.2, -0.15) is 0 Å². The zero-order chi connectivity index (χ0) is 16.4. The number of hydrogen-bond acceptors (Lipinski definition) is 2. The number of likely N-dealkylation sites (tertiary alicyclic amines) is 1. The van der Waals surface area contributed by atoms with Gasteiger partial charge in [-0.3, -0.25) is 4.79 Å². The Morgan fingerprint density at radius 1 is 1.30 bits per heavy atom. The first-order valence-corrected chi connectivity index (χ1v) is 7.95. The van der Waals surface area contributed by atoms with Crippen molar-refractivity contribution in [3.63, 3.8) is 0 Å². The van der Waals surface area contributed by atoms with E-state index in [1.54, 1.807) is 4.90 Å². The molecule has 0 aromatic heterocycles. The number of phenols is 1. The molecular formula is C18H17ClFNO2. The van der Waals surface area contributed by atoms with E-state index in [1.807, 2.05) is 24.3 Å². The first-order valence-electron chi connectivity index (χ1n) is 7.57. The van der Waals surface area contributed by atoms with E-state index in [9.17, 15) is 14.3 Å². The van der Waals surface area contributed by atoms with Crippen LogP contribution in [0, 0.1) is 5.82 Å². The lowest BCUT2D eigenvalue weighted by molar-refractivity contribution is -0.131. The van der Waals surface area contributed by atoms with Gasteiger partial charge in [-0.1, -0.05) is 35.9 Å². The quantitative estimate of drug-likeness (QED) is 0.919. The Morgan fingerprint density at radius 3 is 2.83 bits per heavy atom. The second-order valence-corrected chi connectivity index (χ2v) is 6.13. The van der Waals surface area contributed by atoms with Gasteiger partial charge in [0.05, 0.1) is 12.5 Å². The Morgan fingerprint density at radius 2 is 2.09 bits per heavy atom. The van der Waals surface area contributed by atoms with E-state index >= 15 is 0 Å². The number of carbonyl (C=O) groups is 1. The van der Waals surface area contributed by atoms with Gasteiger partial charge in [0.15, 0.2) is 0 Å². The fourth-order valence-electron chi connectivity index (χ4n) is 3.08. The second-order valence-electron chi connectivity index (χ2n) is 5.72. The molecule has 0 aliphatic carbocycles. The molecule has 0 bridgehead atoms. The molecule has 1 saturated heterocycles. The molecule has 1 heterocycles. The molecule has 1 atom stereocenters. The highest BCUT2D eigenvalue weighted by molar-refractivity contribution is 6.31. The predicted octanol–water partition coefficient (Wildman–Crippen LogP) is 4.09. The van der Waals surface area contributed by atoms with Crippen molar-refractivity contribution in [1.29, 1.82) is 0 Å². The van der Waals surface area contributed by atoms with Gasteiger partial charge in [-0.05, 0) is 36.1 Å². The van der Waals surface area contributed by atoms with E-state index < -0.39 is 5.82 Å². The van der Waals surface area contributed by atoms with Gasteiger partial charge in [0.25, 0.3) is 0 Å². The van der Waals surface area contributed by atoms with Gasteiger partial charge >= 0.3 is 0 Å². The molecule has 1 unspecified atom stereocenters. The molecule has 1 aliphatic heterocycles. The van der Waals surface area contributed by atoms with E-state index in [1.165, 1.54) is 12.1 Å². The van der Waals surface area contributed by atoms with Gasteiger partial charge < -0.3 is 10.0 Å². The minimum atomic E-state index is -0.563. The highest BCUT2D eigenvalue weighted by Crippen LogP contribution is 2.36. The van der Waals surface area contributed by atoms with E-state index in [4.69, 9.17) is 11.6 Å². The largest absolute Gasteiger partial charge is 0.508 e. The Bertz CT molecular complexity index is 735. The molecule has 1 amide bonds. The third-order valence-corrected chi connectivity index (χ3v) is 4.56. The van der Waals surface area contributed by atoms with Gasteiger partial charge in [0.1, 0.15) is 11.6 Å². The van der Waals surface area contributed by atoms with Crippen LogP contribution in [-0.2, 0) is 11.2 Å². The molecule has 3 nitrogen and oxygen atoms in total. The van der Waals surface area contributed by atoms with Crippen molar-refractivity contribution in [2.24, 2.45) is 0 Å². The summed E-state index contributed by atoms with van der Waals surface area (Å²) >= 11 is 6.25. The Balaban J connectivity index is 1.80. The first-order chi connectivity index (χ1) is 11.1. The van der Waals surface area contributed by atoms with Gasteiger partial charge in [-0.15, -0.1) is 0 Å². The van der Waals surface area contributed by atoms with E-state index in [-0.39, 0.29) is 29.7 Å². The summed E-state index contributed by atoms with van der Waals surface area (Å²) in [5.74, 6) is -0.835. The van der Waals surface area contributed by atoms with Gasteiger partial charge in [0.2, 0.25) is 5.91 Å². The number of hydrogen-bond donors (Lipinski definition) is 1. The average Bonchev–Trinajstić information content (AvgIpc) is 3.00. The minimum Gasteiger partial charge on any atom is -0.508 e. The van der Waals surface area contributed by atoms with Crippen LogP contribution in [0.15, 0.2) is 42.5 Å². The van der Waals surface area contributed by atoms with Crippen LogP contribution in [-0.4, -0.2) is 22.5 Å². The molecule has 2 aromatic rings. The lowest BCUT2D eigenvalue weighted by atomic mass is 10.0. The summed E-state index contributed by atoms with van der Waals surface area (Å²) in [5, 5.41) is 9.90. The maximum atomic E-state index is 13.8. The molecule has 23 heavy (non-hydrogen) atoms. The zero-order valence-corrected chi connectivity index (χ0v) is 13.3. The van der Waals surface area contributed by atoms with Crippen molar-refractivity contribution in [1.82, 2.24) is 4.90 Å². The molecular weight excluding hydrogens is 317 g/mol. The Kier molecular flexibility index (Phi) is 4.53. The number of halogens is 2. The van der Waals surface area contributed by atoms with E-state index in [0.29, 0.717) is 11.6 Å². The highest BCUT2D eigenvalue weighted by Gasteiger charge is 2.31. The molecule has 1 aliphatic rings. The van der Waals surface area contributed by atoms with Crippen LogP contribution in [0.4, 0.5) is 4.39 Å². The second kappa shape index (κ2) is 6.59. The summed E-state index contributed by atoms with van der Waals surface area (Å²) < 4.78 is 13.8. The SMILES string of the molecule is O=C(Cc1ccc(O)cc1F)N1CCCC1c1ccccc1Cl. The summed E-state index contributed by atoms with van der Waals surface area (Å²) in [7, 11) is 0. The molecule has 1 N–H and O–H groups in total. The number of benzene rings is 2. The normalized spacial score (nSPS) is 17.5. The third-order valence-electron chi connectivity index (χ3n) is 4.22. The maximum absolute atomic E-state index is 13.8. The van der Waals surface area contributed by atoms with Crippen LogP contribution in [0.2, 0.25) is 5.02 Å². The third kappa shape index (κ3) is 3.32. The van der Waals surface area contributed by atoms with Crippen LogP contribution in [0.1, 0.15) is 30.0 Å². The van der Waals surface area contributed by atoms with Crippen molar-refractivity contribution >= 4 is 17.5 Å². The summed E-state index contributed by atoms with van der Waals surface area (Å²) in [4.78, 5) is 14.4. The van der Waals surface area contributed by atoms with Crippen molar-refractivity contribution in [2.75, 3.05) is 6.54 Å². The smallest absolute Gasteiger partial charge is 0.227 e. The van der Waals surface area contributed by atoms with Crippen LogP contribution in [0.25, 0.3) is 0 Å². The Labute approximate surface area is 139 Å². The number of phenolic OH excluding ortho intramolecular Hbond substituents is 1. The molecule has 0 spiro atoms. The Hall–Kier alpha value is -2.07. The molecule has 120 valence electrons. The van der Waals surface area contributed by atoms with Crippen molar-refractivity contribution < 1.29 is 14.3 Å². The van der Waals surface area contributed by atoms with Crippen LogP contribution in [0.5, 0.6) is 5.75 Å². The fraction of sp³-hybridized carbons (Fsp3) is 0.278. The molecule has 0 saturated carbocycles. The molecule has 1 fully saturated rings. The molecule has 0 radical (unpaired) electrons. The van der Waals surface area contributed by atoms with Gasteiger partial charge in [0, 0.05) is 17.6 Å². The topological polar surface area (TPSA) is 40.5 Å². The molecule has 2 aromatic carbocycles. The van der Waals surface area contributed by atoms with Crippen LogP contribution < -0.4 is 0 Å². The minimum absolute atomic E-state index is 0.0208. The summed E-state index contributed by atoms with van der Waals surface area (Å²) in [5.41, 5.74) is 1.23. The monoisotopic (exact) mass is 333 g/mol. The van der Waals surface area contributed by atoms with Crippen molar-refractivity contribution in [3.05, 3.63) is 64.4 Å². The van der Waals surface area contributed by atoms with Crippen LogP contribution >= 0.6 is 11.6 Å². The number of aromatic hydroxyl groups is 1. The number of amides is 1. The zero-order valence-electron chi connectivity index (χ0n) is 12.5. The van der Waals surface area contributed by atoms with Crippen molar-refractivity contribution in [2.45, 2.75) is 25.3 Å². The fourth-order valence-corrected chi connectivity index (χ4v) is 3.34. The lowest BCUT2D eigenvalue weighted by Gasteiger charge is -2.26. The number of carbonyl (C=O) groups excluding carboxylic acids is 1. The predicted molar refractivity (Wildman–Crippen MR) is 86.9 cm³/mol. The highest BCUT2D eigenvalue weighted by atomic mass is 35.5. The molecule has 3 rings (SSSR count). The van der Waals surface area contributed by atoms with Gasteiger partial charge in [-0.25, -0.2) is 4.39 Å². The first kappa shape index (κ1) is 15.8.